The van der Waals surface area contributed by atoms with Crippen LogP contribution in [-0.2, 0) is 0 Å². The van der Waals surface area contributed by atoms with Crippen LogP contribution in [-0.4, -0.2) is 6.61 Å². The molecule has 0 amide bonds. The molecule has 0 saturated heterocycles. The van der Waals surface area contributed by atoms with Crippen molar-refractivity contribution in [3.8, 4) is 5.75 Å². The Hall–Kier alpha value is -0.690. The SMILES string of the molecule is CC(C)C1CCOc2cc(Cl)ccc21. The van der Waals surface area contributed by atoms with Gasteiger partial charge in [0.2, 0.25) is 0 Å². The quantitative estimate of drug-likeness (QED) is 0.684. The smallest absolute Gasteiger partial charge is 0.124 e. The highest BCUT2D eigenvalue weighted by molar-refractivity contribution is 6.30. The topological polar surface area (TPSA) is 9.23 Å². The van der Waals surface area contributed by atoms with Gasteiger partial charge in [-0.3, -0.25) is 0 Å². The Morgan fingerprint density at radius 2 is 2.21 bits per heavy atom. The second-order valence-corrected chi connectivity index (χ2v) is 4.61. The van der Waals surface area contributed by atoms with Crippen molar-refractivity contribution >= 4 is 11.6 Å². The van der Waals surface area contributed by atoms with Gasteiger partial charge in [-0.15, -0.1) is 0 Å². The zero-order valence-electron chi connectivity index (χ0n) is 8.59. The molecule has 1 nitrogen and oxygen atoms in total. The van der Waals surface area contributed by atoms with Gasteiger partial charge in [-0.2, -0.15) is 0 Å². The Kier molecular flexibility index (Phi) is 2.69. The van der Waals surface area contributed by atoms with E-state index in [-0.39, 0.29) is 0 Å². The summed E-state index contributed by atoms with van der Waals surface area (Å²) in [5, 5.41) is 0.758. The first-order chi connectivity index (χ1) is 6.68. The monoisotopic (exact) mass is 210 g/mol. The Bertz CT molecular complexity index is 333. The van der Waals surface area contributed by atoms with Gasteiger partial charge in [0, 0.05) is 5.02 Å². The largest absolute Gasteiger partial charge is 0.493 e. The van der Waals surface area contributed by atoms with Crippen LogP contribution in [0.15, 0.2) is 18.2 Å². The lowest BCUT2D eigenvalue weighted by molar-refractivity contribution is 0.247. The van der Waals surface area contributed by atoms with E-state index in [1.807, 2.05) is 12.1 Å². The van der Waals surface area contributed by atoms with Crippen molar-refractivity contribution in [2.24, 2.45) is 5.92 Å². The highest BCUT2D eigenvalue weighted by atomic mass is 35.5. The number of ether oxygens (including phenoxy) is 1. The summed E-state index contributed by atoms with van der Waals surface area (Å²) < 4.78 is 5.60. The summed E-state index contributed by atoms with van der Waals surface area (Å²) in [4.78, 5) is 0. The first-order valence-corrected chi connectivity index (χ1v) is 5.48. The van der Waals surface area contributed by atoms with Crippen molar-refractivity contribution in [2.75, 3.05) is 6.61 Å². The maximum atomic E-state index is 5.92. The Balaban J connectivity index is 2.40. The number of benzene rings is 1. The van der Waals surface area contributed by atoms with Gasteiger partial charge in [0.05, 0.1) is 6.61 Å². The van der Waals surface area contributed by atoms with Gasteiger partial charge in [0.15, 0.2) is 0 Å². The van der Waals surface area contributed by atoms with E-state index in [4.69, 9.17) is 16.3 Å². The zero-order chi connectivity index (χ0) is 10.1. The van der Waals surface area contributed by atoms with Gasteiger partial charge >= 0.3 is 0 Å². The van der Waals surface area contributed by atoms with Gasteiger partial charge in [-0.05, 0) is 36.0 Å². The van der Waals surface area contributed by atoms with Crippen molar-refractivity contribution < 1.29 is 4.74 Å². The summed E-state index contributed by atoms with van der Waals surface area (Å²) >= 11 is 5.92. The molecule has 1 heterocycles. The second-order valence-electron chi connectivity index (χ2n) is 4.17. The summed E-state index contributed by atoms with van der Waals surface area (Å²) in [7, 11) is 0. The van der Waals surface area contributed by atoms with E-state index >= 15 is 0 Å². The molecule has 0 fully saturated rings. The minimum Gasteiger partial charge on any atom is -0.493 e. The minimum absolute atomic E-state index is 0.621. The summed E-state index contributed by atoms with van der Waals surface area (Å²) in [5.41, 5.74) is 1.32. The molecule has 0 saturated carbocycles. The molecular formula is C12H15ClO. The summed E-state index contributed by atoms with van der Waals surface area (Å²) in [6.07, 6.45) is 1.12. The highest BCUT2D eigenvalue weighted by Crippen LogP contribution is 2.39. The van der Waals surface area contributed by atoms with E-state index in [2.05, 4.69) is 19.9 Å². The molecule has 0 bridgehead atoms. The van der Waals surface area contributed by atoms with Gasteiger partial charge in [-0.1, -0.05) is 31.5 Å². The first kappa shape index (κ1) is 9.85. The second kappa shape index (κ2) is 3.82. The van der Waals surface area contributed by atoms with Crippen molar-refractivity contribution in [1.29, 1.82) is 0 Å². The van der Waals surface area contributed by atoms with Gasteiger partial charge in [0.1, 0.15) is 5.75 Å². The Morgan fingerprint density at radius 3 is 2.93 bits per heavy atom. The number of fused-ring (bicyclic) bond motifs is 1. The maximum Gasteiger partial charge on any atom is 0.124 e. The van der Waals surface area contributed by atoms with Crippen molar-refractivity contribution in [3.63, 3.8) is 0 Å². The van der Waals surface area contributed by atoms with E-state index in [9.17, 15) is 0 Å². The van der Waals surface area contributed by atoms with Crippen LogP contribution >= 0.6 is 11.6 Å². The fraction of sp³-hybridized carbons (Fsp3) is 0.500. The number of rotatable bonds is 1. The fourth-order valence-corrected chi connectivity index (χ4v) is 2.25. The molecular weight excluding hydrogens is 196 g/mol. The highest BCUT2D eigenvalue weighted by Gasteiger charge is 2.23. The van der Waals surface area contributed by atoms with Crippen LogP contribution in [0.2, 0.25) is 5.02 Å². The number of hydrogen-bond donors (Lipinski definition) is 0. The summed E-state index contributed by atoms with van der Waals surface area (Å²) in [5.74, 6) is 2.26. The molecule has 0 aliphatic carbocycles. The third-order valence-corrected chi connectivity index (χ3v) is 3.10. The average molecular weight is 211 g/mol. The molecule has 14 heavy (non-hydrogen) atoms. The van der Waals surface area contributed by atoms with Gasteiger partial charge in [-0.25, -0.2) is 0 Å². The number of hydrogen-bond acceptors (Lipinski definition) is 1. The summed E-state index contributed by atoms with van der Waals surface area (Å²) in [6.45, 7) is 5.33. The third kappa shape index (κ3) is 1.74. The molecule has 76 valence electrons. The molecule has 0 radical (unpaired) electrons. The Morgan fingerprint density at radius 1 is 1.43 bits per heavy atom. The lowest BCUT2D eigenvalue weighted by Crippen LogP contribution is -2.18. The molecule has 0 N–H and O–H groups in total. The van der Waals surface area contributed by atoms with Gasteiger partial charge < -0.3 is 4.74 Å². The first-order valence-electron chi connectivity index (χ1n) is 5.10. The average Bonchev–Trinajstić information content (AvgIpc) is 2.16. The van der Waals surface area contributed by atoms with Crippen LogP contribution in [0, 0.1) is 5.92 Å². The summed E-state index contributed by atoms with van der Waals surface area (Å²) in [6, 6.07) is 5.97. The predicted octanol–water partition coefficient (Wildman–Crippen LogP) is 3.86. The van der Waals surface area contributed by atoms with Crippen LogP contribution in [0.3, 0.4) is 0 Å². The van der Waals surface area contributed by atoms with Crippen molar-refractivity contribution in [1.82, 2.24) is 0 Å². The predicted molar refractivity (Wildman–Crippen MR) is 59.1 cm³/mol. The normalized spacial score (nSPS) is 20.4. The molecule has 0 aromatic heterocycles. The van der Waals surface area contributed by atoms with E-state index in [0.717, 1.165) is 23.8 Å². The van der Waals surface area contributed by atoms with Crippen LogP contribution in [0.5, 0.6) is 5.75 Å². The molecule has 1 unspecified atom stereocenters. The molecule has 0 spiro atoms. The van der Waals surface area contributed by atoms with E-state index in [0.29, 0.717) is 11.8 Å². The van der Waals surface area contributed by atoms with E-state index in [1.54, 1.807) is 0 Å². The Labute approximate surface area is 90.0 Å². The fourth-order valence-electron chi connectivity index (χ4n) is 2.08. The van der Waals surface area contributed by atoms with Crippen LogP contribution in [0.4, 0.5) is 0 Å². The molecule has 2 heteroatoms. The molecule has 1 aromatic carbocycles. The third-order valence-electron chi connectivity index (χ3n) is 2.87. The lowest BCUT2D eigenvalue weighted by atomic mass is 9.84. The molecule has 1 aliphatic rings. The molecule has 1 aliphatic heterocycles. The van der Waals surface area contributed by atoms with Crippen LogP contribution in [0.25, 0.3) is 0 Å². The van der Waals surface area contributed by atoms with Crippen LogP contribution in [0.1, 0.15) is 31.7 Å². The molecule has 1 atom stereocenters. The van der Waals surface area contributed by atoms with Crippen molar-refractivity contribution in [2.45, 2.75) is 26.2 Å². The minimum atomic E-state index is 0.621. The standard InChI is InChI=1S/C12H15ClO/c1-8(2)10-5-6-14-12-7-9(13)3-4-11(10)12/h3-4,7-8,10H,5-6H2,1-2H3. The molecule has 2 rings (SSSR count). The molecule has 1 aromatic rings. The van der Waals surface area contributed by atoms with Gasteiger partial charge in [0.25, 0.3) is 0 Å². The van der Waals surface area contributed by atoms with Crippen molar-refractivity contribution in [3.05, 3.63) is 28.8 Å². The zero-order valence-corrected chi connectivity index (χ0v) is 9.34. The lowest BCUT2D eigenvalue weighted by Gasteiger charge is -2.28. The van der Waals surface area contributed by atoms with E-state index < -0.39 is 0 Å². The van der Waals surface area contributed by atoms with Crippen LogP contribution < -0.4 is 4.74 Å². The maximum absolute atomic E-state index is 5.92. The number of halogens is 1. The van der Waals surface area contributed by atoms with E-state index in [1.165, 1.54) is 5.56 Å².